The molecule has 4 nitrogen and oxygen atoms in total. The van der Waals surface area contributed by atoms with Gasteiger partial charge in [-0.1, -0.05) is 12.2 Å². The van der Waals surface area contributed by atoms with Crippen molar-refractivity contribution < 1.29 is 4.39 Å². The van der Waals surface area contributed by atoms with E-state index >= 15 is 0 Å². The van der Waals surface area contributed by atoms with Crippen molar-refractivity contribution in [3.63, 3.8) is 0 Å². The third-order valence-corrected chi connectivity index (χ3v) is 4.60. The second-order valence-electron chi connectivity index (χ2n) is 6.07. The minimum absolute atomic E-state index is 0.238. The van der Waals surface area contributed by atoms with E-state index in [0.29, 0.717) is 11.6 Å². The van der Waals surface area contributed by atoms with Gasteiger partial charge in [0.1, 0.15) is 0 Å². The van der Waals surface area contributed by atoms with Crippen molar-refractivity contribution in [3.05, 3.63) is 52.5 Å². The van der Waals surface area contributed by atoms with Gasteiger partial charge >= 0.3 is 0 Å². The van der Waals surface area contributed by atoms with Gasteiger partial charge < -0.3 is 0 Å². The highest BCUT2D eigenvalue weighted by molar-refractivity contribution is 7.10. The Kier molecular flexibility index (Phi) is 4.94. The van der Waals surface area contributed by atoms with E-state index in [1.807, 2.05) is 26.1 Å². The average Bonchev–Trinajstić information content (AvgIpc) is 3.21. The van der Waals surface area contributed by atoms with Gasteiger partial charge in [-0.05, 0) is 44.8 Å². The Morgan fingerprint density at radius 3 is 2.88 bits per heavy atom. The highest BCUT2D eigenvalue weighted by Gasteiger charge is 2.28. The molecule has 0 amide bonds. The third kappa shape index (κ3) is 4.20. The lowest BCUT2D eigenvalue weighted by atomic mass is 10.1. The van der Waals surface area contributed by atoms with E-state index in [9.17, 15) is 4.39 Å². The van der Waals surface area contributed by atoms with Crippen molar-refractivity contribution in [3.8, 4) is 0 Å². The summed E-state index contributed by atoms with van der Waals surface area (Å²) in [5.41, 5.74) is 5.26. The van der Waals surface area contributed by atoms with Crippen molar-refractivity contribution in [1.82, 2.24) is 15.0 Å². The summed E-state index contributed by atoms with van der Waals surface area (Å²) in [6.45, 7) is 8.02. The first kappa shape index (κ1) is 16.6. The summed E-state index contributed by atoms with van der Waals surface area (Å²) < 4.78 is 13.7. The maximum atomic E-state index is 13.7. The lowest BCUT2D eigenvalue weighted by Gasteiger charge is -2.04. The number of halogens is 1. The molecule has 0 bridgehead atoms. The molecule has 6 heteroatoms. The normalized spacial score (nSPS) is 15.6. The fourth-order valence-electron chi connectivity index (χ4n) is 2.48. The number of rotatable bonds is 6. The molecule has 0 N–H and O–H groups in total. The molecule has 0 radical (unpaired) electrons. The molecule has 3 rings (SSSR count). The summed E-state index contributed by atoms with van der Waals surface area (Å²) in [6, 6.07) is 0. The Labute approximate surface area is 144 Å². The largest absolute Gasteiger partial charge is 0.253 e. The van der Waals surface area contributed by atoms with Crippen LogP contribution in [0.25, 0.3) is 5.57 Å². The number of hydrogen-bond acceptors (Lipinski definition) is 5. The molecule has 0 aromatic carbocycles. The average molecular weight is 342 g/mol. The molecular weight excluding hydrogens is 323 g/mol. The monoisotopic (exact) mass is 342 g/mol. The van der Waals surface area contributed by atoms with E-state index in [2.05, 4.69) is 26.5 Å². The molecule has 2 heterocycles. The Bertz CT molecular complexity index is 804. The Balaban J connectivity index is 1.71. The minimum Gasteiger partial charge on any atom is -0.253 e. The minimum atomic E-state index is -0.332. The van der Waals surface area contributed by atoms with Crippen molar-refractivity contribution >= 4 is 28.6 Å². The molecule has 0 spiro atoms. The van der Waals surface area contributed by atoms with Gasteiger partial charge in [0.2, 0.25) is 5.95 Å². The number of thiazole rings is 1. The molecule has 0 saturated heterocycles. The first-order valence-corrected chi connectivity index (χ1v) is 8.72. The van der Waals surface area contributed by atoms with Crippen LogP contribution in [0.5, 0.6) is 0 Å². The molecule has 2 aromatic heterocycles. The van der Waals surface area contributed by atoms with E-state index in [4.69, 9.17) is 0 Å². The van der Waals surface area contributed by atoms with Gasteiger partial charge in [0, 0.05) is 22.7 Å². The molecule has 1 aliphatic rings. The van der Waals surface area contributed by atoms with Gasteiger partial charge in [0.05, 0.1) is 17.4 Å². The summed E-state index contributed by atoms with van der Waals surface area (Å²) in [6.07, 6.45) is 7.77. The fourth-order valence-corrected chi connectivity index (χ4v) is 3.08. The summed E-state index contributed by atoms with van der Waals surface area (Å²) >= 11 is 1.58. The number of hydrogen-bond donors (Lipinski definition) is 0. The molecule has 124 valence electrons. The van der Waals surface area contributed by atoms with E-state index < -0.39 is 0 Å². The lowest BCUT2D eigenvalue weighted by Crippen LogP contribution is -1.96. The molecule has 0 aliphatic heterocycles. The predicted octanol–water partition coefficient (Wildman–Crippen LogP) is 5.09. The highest BCUT2D eigenvalue weighted by Crippen LogP contribution is 2.40. The summed E-state index contributed by atoms with van der Waals surface area (Å²) in [5, 5.41) is 0. The quantitative estimate of drug-likeness (QED) is 0.687. The zero-order valence-corrected chi connectivity index (χ0v) is 14.6. The molecule has 24 heavy (non-hydrogen) atoms. The standard InChI is InChI=1S/C18H19FN4S/c1-11(6-12(2)16-9-20-10-24-16)7-13(3)22-18-21-8-15(19)17(23-18)14-4-5-14/h7-10,14H,2,4-6H2,1,3H3/b11-7-,22-13?. The number of aromatic nitrogens is 3. The van der Waals surface area contributed by atoms with Crippen LogP contribution in [0.3, 0.4) is 0 Å². The van der Waals surface area contributed by atoms with Crippen molar-refractivity contribution in [2.45, 2.75) is 39.0 Å². The van der Waals surface area contributed by atoms with Crippen LogP contribution >= 0.6 is 11.3 Å². The van der Waals surface area contributed by atoms with Crippen LogP contribution in [0.2, 0.25) is 0 Å². The zero-order valence-electron chi connectivity index (χ0n) is 13.8. The lowest BCUT2D eigenvalue weighted by molar-refractivity contribution is 0.592. The number of nitrogens with zero attached hydrogens (tertiary/aromatic N) is 4. The molecule has 1 aliphatic carbocycles. The molecule has 0 atom stereocenters. The number of aliphatic imine (C=N–C) groups is 1. The van der Waals surface area contributed by atoms with Crippen LogP contribution in [0.15, 0.2) is 41.1 Å². The van der Waals surface area contributed by atoms with Crippen molar-refractivity contribution in [1.29, 1.82) is 0 Å². The highest BCUT2D eigenvalue weighted by atomic mass is 32.1. The Morgan fingerprint density at radius 1 is 1.42 bits per heavy atom. The molecule has 2 aromatic rings. The van der Waals surface area contributed by atoms with E-state index in [1.54, 1.807) is 16.8 Å². The van der Waals surface area contributed by atoms with Crippen LogP contribution in [0.4, 0.5) is 10.3 Å². The smallest absolute Gasteiger partial charge is 0.249 e. The SMILES string of the molecule is C=C(C/C(C)=C\C(C)=Nc1ncc(F)c(C2CC2)n1)c1cncs1. The van der Waals surface area contributed by atoms with Crippen molar-refractivity contribution in [2.75, 3.05) is 0 Å². The van der Waals surface area contributed by atoms with Crippen LogP contribution in [-0.2, 0) is 0 Å². The maximum Gasteiger partial charge on any atom is 0.249 e. The Hall–Kier alpha value is -2.21. The zero-order chi connectivity index (χ0) is 17.1. The molecule has 0 unspecified atom stereocenters. The van der Waals surface area contributed by atoms with E-state index in [1.165, 1.54) is 6.20 Å². The van der Waals surface area contributed by atoms with Crippen molar-refractivity contribution in [2.24, 2.45) is 4.99 Å². The maximum absolute atomic E-state index is 13.7. The van der Waals surface area contributed by atoms with Gasteiger partial charge in [0.15, 0.2) is 5.82 Å². The van der Waals surface area contributed by atoms with Crippen LogP contribution in [0.1, 0.15) is 49.6 Å². The second-order valence-corrected chi connectivity index (χ2v) is 6.95. The molecular formula is C18H19FN4S. The first-order chi connectivity index (χ1) is 11.5. The summed E-state index contributed by atoms with van der Waals surface area (Å²) in [4.78, 5) is 17.8. The Morgan fingerprint density at radius 2 is 2.21 bits per heavy atom. The second kappa shape index (κ2) is 7.13. The van der Waals surface area contributed by atoms with Gasteiger partial charge in [-0.15, -0.1) is 11.3 Å². The summed E-state index contributed by atoms with van der Waals surface area (Å²) in [5.74, 6) is 0.227. The van der Waals surface area contributed by atoms with Crippen LogP contribution < -0.4 is 0 Å². The van der Waals surface area contributed by atoms with Crippen LogP contribution in [-0.4, -0.2) is 20.7 Å². The summed E-state index contributed by atoms with van der Waals surface area (Å²) in [7, 11) is 0. The molecule has 1 saturated carbocycles. The first-order valence-electron chi connectivity index (χ1n) is 7.84. The number of allylic oxidation sites excluding steroid dienone is 3. The topological polar surface area (TPSA) is 51.0 Å². The van der Waals surface area contributed by atoms with Gasteiger partial charge in [-0.3, -0.25) is 4.98 Å². The van der Waals surface area contributed by atoms with Gasteiger partial charge in [-0.25, -0.2) is 19.4 Å². The third-order valence-electron chi connectivity index (χ3n) is 3.73. The van der Waals surface area contributed by atoms with Crippen LogP contribution in [0, 0.1) is 5.82 Å². The van der Waals surface area contributed by atoms with E-state index in [0.717, 1.165) is 41.0 Å². The van der Waals surface area contributed by atoms with E-state index in [-0.39, 0.29) is 11.7 Å². The van der Waals surface area contributed by atoms with Gasteiger partial charge in [0.25, 0.3) is 0 Å². The fraction of sp³-hybridized carbons (Fsp3) is 0.333. The molecule has 1 fully saturated rings. The predicted molar refractivity (Wildman–Crippen MR) is 96.3 cm³/mol. The van der Waals surface area contributed by atoms with Gasteiger partial charge in [-0.2, -0.15) is 0 Å².